The van der Waals surface area contributed by atoms with Crippen LogP contribution in [0.3, 0.4) is 0 Å². The van der Waals surface area contributed by atoms with Gasteiger partial charge in [0.05, 0.1) is 14.2 Å². The first-order chi connectivity index (χ1) is 12.1. The van der Waals surface area contributed by atoms with E-state index in [0.29, 0.717) is 28.9 Å². The molecule has 0 bridgehead atoms. The number of hydrogen-bond donors (Lipinski definition) is 3. The zero-order valence-corrected chi connectivity index (χ0v) is 14.9. The Morgan fingerprint density at radius 2 is 1.92 bits per heavy atom. The smallest absolute Gasteiger partial charge is 0.288 e. The van der Waals surface area contributed by atoms with Gasteiger partial charge in [-0.25, -0.2) is 0 Å². The molecule has 3 N–H and O–H groups in total. The van der Waals surface area contributed by atoms with Gasteiger partial charge in [0, 0.05) is 12.7 Å². The van der Waals surface area contributed by atoms with E-state index in [1.165, 1.54) is 0 Å². The number of pyridine rings is 1. The fourth-order valence-electron chi connectivity index (χ4n) is 2.08. The Labute approximate surface area is 151 Å². The fraction of sp³-hybridized carbons (Fsp3) is 0.235. The number of carbonyl (C=O) groups excluding carboxylic acids is 1. The first kappa shape index (κ1) is 18.5. The van der Waals surface area contributed by atoms with Gasteiger partial charge in [-0.05, 0) is 48.5 Å². The van der Waals surface area contributed by atoms with E-state index < -0.39 is 0 Å². The lowest BCUT2D eigenvalue weighted by molar-refractivity contribution is 0.0938. The number of rotatable bonds is 6. The summed E-state index contributed by atoms with van der Waals surface area (Å²) < 4.78 is 10.5. The predicted octanol–water partition coefficient (Wildman–Crippen LogP) is 1.45. The second kappa shape index (κ2) is 9.43. The summed E-state index contributed by atoms with van der Waals surface area (Å²) in [4.78, 5) is 15.8. The number of methoxy groups -OCH3 is 2. The summed E-state index contributed by atoms with van der Waals surface area (Å²) in [7, 11) is 3.20. The molecule has 0 spiro atoms. The number of hydrazine groups is 1. The van der Waals surface area contributed by atoms with Crippen molar-refractivity contribution in [3.05, 3.63) is 53.9 Å². The molecule has 8 heteroatoms. The Hall–Kier alpha value is -2.87. The maximum atomic E-state index is 11.8. The van der Waals surface area contributed by atoms with Crippen molar-refractivity contribution in [1.29, 1.82) is 0 Å². The number of aromatic nitrogens is 1. The highest BCUT2D eigenvalue weighted by molar-refractivity contribution is 7.80. The van der Waals surface area contributed by atoms with Gasteiger partial charge in [0.1, 0.15) is 5.69 Å². The van der Waals surface area contributed by atoms with Crippen LogP contribution in [0, 0.1) is 0 Å². The van der Waals surface area contributed by atoms with Gasteiger partial charge in [-0.3, -0.25) is 20.6 Å². The van der Waals surface area contributed by atoms with E-state index in [-0.39, 0.29) is 5.91 Å². The number of nitrogens with one attached hydrogen (secondary N) is 3. The Kier molecular flexibility index (Phi) is 6.97. The van der Waals surface area contributed by atoms with Gasteiger partial charge in [-0.1, -0.05) is 12.1 Å². The quantitative estimate of drug-likeness (QED) is 0.531. The summed E-state index contributed by atoms with van der Waals surface area (Å²) in [5, 5.41) is 3.34. The molecule has 1 aromatic heterocycles. The Bertz CT molecular complexity index is 725. The first-order valence-corrected chi connectivity index (χ1v) is 8.01. The molecule has 1 aromatic carbocycles. The van der Waals surface area contributed by atoms with Crippen molar-refractivity contribution in [1.82, 2.24) is 21.2 Å². The van der Waals surface area contributed by atoms with E-state index >= 15 is 0 Å². The summed E-state index contributed by atoms with van der Waals surface area (Å²) in [5.74, 6) is 1.02. The Balaban J connectivity index is 1.74. The predicted molar refractivity (Wildman–Crippen MR) is 98.7 cm³/mol. The number of benzene rings is 1. The van der Waals surface area contributed by atoms with Crippen LogP contribution in [0.25, 0.3) is 0 Å². The molecule has 0 aliphatic rings. The highest BCUT2D eigenvalue weighted by Gasteiger charge is 2.07. The van der Waals surface area contributed by atoms with Crippen LogP contribution < -0.4 is 25.6 Å². The summed E-state index contributed by atoms with van der Waals surface area (Å²) in [6.45, 7) is 0.598. The standard InChI is InChI=1S/C17H20N4O3S/c1-23-14-7-6-12(11-15(14)24-2)8-10-19-17(25)21-20-16(22)13-5-3-4-9-18-13/h3-7,9,11H,8,10H2,1-2H3,(H,20,22)(H2,19,21,25). The molecule has 0 unspecified atom stereocenters. The molecule has 0 aliphatic carbocycles. The van der Waals surface area contributed by atoms with Crippen LogP contribution in [0.4, 0.5) is 0 Å². The second-order valence-electron chi connectivity index (χ2n) is 4.99. The van der Waals surface area contributed by atoms with Gasteiger partial charge in [0.15, 0.2) is 16.6 Å². The second-order valence-corrected chi connectivity index (χ2v) is 5.40. The summed E-state index contributed by atoms with van der Waals surface area (Å²) in [6, 6.07) is 10.8. The number of ether oxygens (including phenoxy) is 2. The lowest BCUT2D eigenvalue weighted by Gasteiger charge is -2.12. The van der Waals surface area contributed by atoms with Crippen LogP contribution in [0.2, 0.25) is 0 Å². The van der Waals surface area contributed by atoms with Crippen LogP contribution in [0.1, 0.15) is 16.1 Å². The average molecular weight is 360 g/mol. The van der Waals surface area contributed by atoms with E-state index in [0.717, 1.165) is 12.0 Å². The van der Waals surface area contributed by atoms with E-state index in [1.807, 2.05) is 18.2 Å². The molecule has 1 amide bonds. The van der Waals surface area contributed by atoms with Crippen molar-refractivity contribution < 1.29 is 14.3 Å². The highest BCUT2D eigenvalue weighted by atomic mass is 32.1. The maximum Gasteiger partial charge on any atom is 0.288 e. The molecule has 0 fully saturated rings. The molecular weight excluding hydrogens is 340 g/mol. The van der Waals surface area contributed by atoms with E-state index in [1.54, 1.807) is 38.6 Å². The molecule has 7 nitrogen and oxygen atoms in total. The van der Waals surface area contributed by atoms with Gasteiger partial charge in [-0.2, -0.15) is 0 Å². The Morgan fingerprint density at radius 1 is 1.12 bits per heavy atom. The number of nitrogens with zero attached hydrogens (tertiary/aromatic N) is 1. The number of hydrogen-bond acceptors (Lipinski definition) is 5. The lowest BCUT2D eigenvalue weighted by atomic mass is 10.1. The number of amides is 1. The topological polar surface area (TPSA) is 84.5 Å². The third-order valence-corrected chi connectivity index (χ3v) is 3.58. The van der Waals surface area contributed by atoms with Gasteiger partial charge in [0.25, 0.3) is 5.91 Å². The van der Waals surface area contributed by atoms with Crippen LogP contribution in [-0.2, 0) is 6.42 Å². The van der Waals surface area contributed by atoms with Gasteiger partial charge < -0.3 is 14.8 Å². The molecule has 0 saturated carbocycles. The molecule has 0 radical (unpaired) electrons. The molecular formula is C17H20N4O3S. The highest BCUT2D eigenvalue weighted by Crippen LogP contribution is 2.27. The third kappa shape index (κ3) is 5.61. The molecule has 2 aromatic rings. The molecule has 1 heterocycles. The summed E-state index contributed by atoms with van der Waals surface area (Å²) >= 11 is 5.12. The molecule has 0 aliphatic heterocycles. The van der Waals surface area contributed by atoms with Gasteiger partial charge >= 0.3 is 0 Å². The largest absolute Gasteiger partial charge is 0.493 e. The van der Waals surface area contributed by atoms with Crippen molar-refractivity contribution in [3.63, 3.8) is 0 Å². The molecule has 25 heavy (non-hydrogen) atoms. The zero-order valence-electron chi connectivity index (χ0n) is 14.0. The summed E-state index contributed by atoms with van der Waals surface area (Å²) in [6.07, 6.45) is 2.28. The monoisotopic (exact) mass is 360 g/mol. The normalized spacial score (nSPS) is 9.84. The molecule has 2 rings (SSSR count). The van der Waals surface area contributed by atoms with Crippen LogP contribution in [0.15, 0.2) is 42.6 Å². The minimum absolute atomic E-state index is 0.308. The van der Waals surface area contributed by atoms with Crippen molar-refractivity contribution in [2.45, 2.75) is 6.42 Å². The van der Waals surface area contributed by atoms with Crippen LogP contribution in [-0.4, -0.2) is 36.8 Å². The van der Waals surface area contributed by atoms with Gasteiger partial charge in [0.2, 0.25) is 0 Å². The molecule has 132 valence electrons. The van der Waals surface area contributed by atoms with Crippen molar-refractivity contribution in [3.8, 4) is 11.5 Å². The van der Waals surface area contributed by atoms with Crippen molar-refractivity contribution in [2.75, 3.05) is 20.8 Å². The van der Waals surface area contributed by atoms with Crippen LogP contribution >= 0.6 is 12.2 Å². The minimum Gasteiger partial charge on any atom is -0.493 e. The zero-order chi connectivity index (χ0) is 18.1. The Morgan fingerprint density at radius 3 is 2.60 bits per heavy atom. The van der Waals surface area contributed by atoms with E-state index in [4.69, 9.17) is 21.7 Å². The lowest BCUT2D eigenvalue weighted by Crippen LogP contribution is -2.47. The third-order valence-electron chi connectivity index (χ3n) is 3.33. The summed E-state index contributed by atoms with van der Waals surface area (Å²) in [5.41, 5.74) is 6.52. The van der Waals surface area contributed by atoms with Crippen LogP contribution in [0.5, 0.6) is 11.5 Å². The molecule has 0 atom stereocenters. The van der Waals surface area contributed by atoms with Gasteiger partial charge in [-0.15, -0.1) is 0 Å². The van der Waals surface area contributed by atoms with E-state index in [9.17, 15) is 4.79 Å². The SMILES string of the molecule is COc1ccc(CCNC(=S)NNC(=O)c2ccccn2)cc1OC. The average Bonchev–Trinajstić information content (AvgIpc) is 2.66. The van der Waals surface area contributed by atoms with E-state index in [2.05, 4.69) is 21.2 Å². The minimum atomic E-state index is -0.357. The number of thiocarbonyl (C=S) groups is 1. The first-order valence-electron chi connectivity index (χ1n) is 7.60. The van der Waals surface area contributed by atoms with Crippen molar-refractivity contribution >= 4 is 23.2 Å². The molecule has 0 saturated heterocycles. The maximum absolute atomic E-state index is 11.8. The van der Waals surface area contributed by atoms with Crippen molar-refractivity contribution in [2.24, 2.45) is 0 Å². The fourth-order valence-corrected chi connectivity index (χ4v) is 2.23. The number of carbonyl (C=O) groups is 1.